The van der Waals surface area contributed by atoms with E-state index in [1.807, 2.05) is 24.3 Å². The largest absolute Gasteiger partial charge is 0.381 e. The Bertz CT molecular complexity index is 555. The van der Waals surface area contributed by atoms with Gasteiger partial charge in [0.15, 0.2) is 0 Å². The van der Waals surface area contributed by atoms with Gasteiger partial charge in [-0.15, -0.1) is 12.4 Å². The van der Waals surface area contributed by atoms with Gasteiger partial charge in [-0.1, -0.05) is 12.1 Å². The first-order chi connectivity index (χ1) is 11.0. The maximum atomic E-state index is 12.6. The van der Waals surface area contributed by atoms with E-state index in [2.05, 4.69) is 5.32 Å². The van der Waals surface area contributed by atoms with E-state index in [0.717, 1.165) is 11.3 Å². The maximum Gasteiger partial charge on any atom is 0.232 e. The third kappa shape index (κ3) is 4.93. The Morgan fingerprint density at radius 2 is 1.79 bits per heavy atom. The predicted molar refractivity (Wildman–Crippen MR) is 96.3 cm³/mol. The summed E-state index contributed by atoms with van der Waals surface area (Å²) in [5.41, 5.74) is 6.93. The van der Waals surface area contributed by atoms with E-state index in [9.17, 15) is 9.59 Å². The molecule has 2 amide bonds. The molecule has 1 heterocycles. The molecule has 1 aromatic carbocycles. The van der Waals surface area contributed by atoms with Crippen LogP contribution in [0, 0.1) is 5.41 Å². The summed E-state index contributed by atoms with van der Waals surface area (Å²) < 4.78 is 5.33. The fraction of sp³-hybridized carbons (Fsp3) is 0.529. The van der Waals surface area contributed by atoms with E-state index in [1.165, 1.54) is 0 Å². The number of halogens is 1. The molecule has 7 heteroatoms. The highest BCUT2D eigenvalue weighted by Crippen LogP contribution is 2.30. The fourth-order valence-electron chi connectivity index (χ4n) is 2.59. The van der Waals surface area contributed by atoms with Crippen molar-refractivity contribution >= 4 is 29.9 Å². The van der Waals surface area contributed by atoms with Gasteiger partial charge in [0.2, 0.25) is 11.8 Å². The number of amides is 2. The summed E-state index contributed by atoms with van der Waals surface area (Å²) in [6, 6.07) is 7.35. The van der Waals surface area contributed by atoms with E-state index in [4.69, 9.17) is 10.5 Å². The van der Waals surface area contributed by atoms with Crippen LogP contribution in [0.1, 0.15) is 18.4 Å². The number of benzene rings is 1. The van der Waals surface area contributed by atoms with E-state index in [0.29, 0.717) is 39.0 Å². The first kappa shape index (κ1) is 20.4. The van der Waals surface area contributed by atoms with Crippen molar-refractivity contribution < 1.29 is 14.3 Å². The number of likely N-dealkylation sites (N-methyl/N-ethyl adjacent to an activating group) is 1. The first-order valence-electron chi connectivity index (χ1n) is 7.85. The number of ether oxygens (including phenoxy) is 1. The zero-order chi connectivity index (χ0) is 16.9. The van der Waals surface area contributed by atoms with Crippen molar-refractivity contribution in [3.8, 4) is 0 Å². The van der Waals surface area contributed by atoms with Crippen LogP contribution in [0.5, 0.6) is 0 Å². The average molecular weight is 356 g/mol. The molecule has 1 aromatic rings. The fourth-order valence-corrected chi connectivity index (χ4v) is 2.59. The summed E-state index contributed by atoms with van der Waals surface area (Å²) in [5.74, 6) is -0.00788. The van der Waals surface area contributed by atoms with Crippen LogP contribution in [-0.4, -0.2) is 50.6 Å². The molecule has 0 bridgehead atoms. The Morgan fingerprint density at radius 3 is 2.29 bits per heavy atom. The highest BCUT2D eigenvalue weighted by Gasteiger charge is 2.38. The number of carbonyl (C=O) groups is 2. The monoisotopic (exact) mass is 355 g/mol. The third-order valence-corrected chi connectivity index (χ3v) is 4.39. The van der Waals surface area contributed by atoms with Gasteiger partial charge in [-0.05, 0) is 30.5 Å². The van der Waals surface area contributed by atoms with Crippen LogP contribution in [0.2, 0.25) is 0 Å². The Kier molecular flexibility index (Phi) is 7.66. The number of anilines is 1. The second kappa shape index (κ2) is 9.01. The number of carbonyl (C=O) groups excluding carboxylic acids is 2. The minimum absolute atomic E-state index is 0. The van der Waals surface area contributed by atoms with Crippen LogP contribution in [0.4, 0.5) is 5.69 Å². The van der Waals surface area contributed by atoms with Crippen molar-refractivity contribution in [3.05, 3.63) is 29.8 Å². The maximum absolute atomic E-state index is 12.6. The Morgan fingerprint density at radius 1 is 1.21 bits per heavy atom. The number of nitrogens with two attached hydrogens (primary N) is 1. The highest BCUT2D eigenvalue weighted by molar-refractivity contribution is 5.95. The molecule has 0 unspecified atom stereocenters. The Labute approximate surface area is 149 Å². The predicted octanol–water partition coefficient (Wildman–Crippen LogP) is 1.43. The number of hydrogen-bond acceptors (Lipinski definition) is 4. The molecular weight excluding hydrogens is 330 g/mol. The van der Waals surface area contributed by atoms with Gasteiger partial charge in [-0.25, -0.2) is 0 Å². The van der Waals surface area contributed by atoms with Gasteiger partial charge in [-0.3, -0.25) is 9.59 Å². The van der Waals surface area contributed by atoms with Crippen LogP contribution in [0.15, 0.2) is 24.3 Å². The normalized spacial score (nSPS) is 16.0. The van der Waals surface area contributed by atoms with Gasteiger partial charge in [0.25, 0.3) is 0 Å². The molecule has 134 valence electrons. The first-order valence-corrected chi connectivity index (χ1v) is 7.85. The van der Waals surface area contributed by atoms with E-state index in [-0.39, 0.29) is 24.2 Å². The number of rotatable bonds is 5. The molecule has 1 aliphatic rings. The molecule has 0 aliphatic carbocycles. The molecule has 3 N–H and O–H groups in total. The molecule has 2 rings (SSSR count). The quantitative estimate of drug-likeness (QED) is 0.836. The Hall–Kier alpha value is -1.63. The zero-order valence-corrected chi connectivity index (χ0v) is 15.0. The zero-order valence-electron chi connectivity index (χ0n) is 14.2. The van der Waals surface area contributed by atoms with Gasteiger partial charge < -0.3 is 20.7 Å². The van der Waals surface area contributed by atoms with Crippen LogP contribution in [0.25, 0.3) is 0 Å². The Balaban J connectivity index is 0.00000288. The lowest BCUT2D eigenvalue weighted by Gasteiger charge is -2.34. The molecule has 6 nitrogen and oxygen atoms in total. The number of nitrogens with zero attached hydrogens (tertiary/aromatic N) is 1. The van der Waals surface area contributed by atoms with Crippen LogP contribution in [0.3, 0.4) is 0 Å². The minimum Gasteiger partial charge on any atom is -0.381 e. The van der Waals surface area contributed by atoms with Gasteiger partial charge in [0.1, 0.15) is 0 Å². The number of nitrogens with one attached hydrogen (secondary N) is 1. The lowest BCUT2D eigenvalue weighted by atomic mass is 9.79. The summed E-state index contributed by atoms with van der Waals surface area (Å²) in [5, 5.41) is 2.94. The molecule has 1 aliphatic heterocycles. The third-order valence-electron chi connectivity index (χ3n) is 4.39. The van der Waals surface area contributed by atoms with Gasteiger partial charge in [-0.2, -0.15) is 0 Å². The average Bonchev–Trinajstić information content (AvgIpc) is 2.57. The smallest absolute Gasteiger partial charge is 0.232 e. The topological polar surface area (TPSA) is 84.7 Å². The minimum atomic E-state index is -0.544. The molecule has 1 saturated heterocycles. The molecule has 0 aromatic heterocycles. The molecule has 0 spiro atoms. The van der Waals surface area contributed by atoms with Gasteiger partial charge in [0, 0.05) is 39.5 Å². The molecule has 0 radical (unpaired) electrons. The lowest BCUT2D eigenvalue weighted by molar-refractivity contribution is -0.130. The molecular formula is C17H26ClN3O3. The van der Waals surface area contributed by atoms with Crippen molar-refractivity contribution in [2.75, 3.05) is 39.2 Å². The lowest BCUT2D eigenvalue weighted by Crippen LogP contribution is -2.46. The van der Waals surface area contributed by atoms with Gasteiger partial charge in [0.05, 0.1) is 11.8 Å². The molecule has 24 heavy (non-hydrogen) atoms. The van der Waals surface area contributed by atoms with Crippen LogP contribution < -0.4 is 11.1 Å². The summed E-state index contributed by atoms with van der Waals surface area (Å²) >= 11 is 0. The van der Waals surface area contributed by atoms with Crippen molar-refractivity contribution in [3.63, 3.8) is 0 Å². The number of hydrogen-bond donors (Lipinski definition) is 2. The molecule has 1 fully saturated rings. The van der Waals surface area contributed by atoms with E-state index in [1.54, 1.807) is 19.0 Å². The van der Waals surface area contributed by atoms with Crippen molar-refractivity contribution in [2.45, 2.75) is 19.3 Å². The molecule has 0 atom stereocenters. The van der Waals surface area contributed by atoms with Crippen molar-refractivity contribution in [1.82, 2.24) is 4.90 Å². The second-order valence-electron chi connectivity index (χ2n) is 6.21. The summed E-state index contributed by atoms with van der Waals surface area (Å²) in [6.45, 7) is 1.45. The van der Waals surface area contributed by atoms with Crippen molar-refractivity contribution in [1.29, 1.82) is 0 Å². The van der Waals surface area contributed by atoms with Crippen molar-refractivity contribution in [2.24, 2.45) is 11.1 Å². The van der Waals surface area contributed by atoms with Crippen LogP contribution in [-0.2, 0) is 20.7 Å². The molecule has 0 saturated carbocycles. The highest BCUT2D eigenvalue weighted by atomic mass is 35.5. The summed E-state index contributed by atoms with van der Waals surface area (Å²) in [6.07, 6.45) is 1.64. The summed E-state index contributed by atoms with van der Waals surface area (Å²) in [7, 11) is 3.47. The van der Waals surface area contributed by atoms with E-state index >= 15 is 0 Å². The second-order valence-corrected chi connectivity index (χ2v) is 6.21. The van der Waals surface area contributed by atoms with Crippen LogP contribution >= 0.6 is 12.4 Å². The SMILES string of the molecule is CN(C)C(=O)Cc1ccc(NC(=O)C2(CN)CCOCC2)cc1.Cl. The summed E-state index contributed by atoms with van der Waals surface area (Å²) in [4.78, 5) is 25.8. The standard InChI is InChI=1S/C17H25N3O3.ClH/c1-20(2)15(21)11-13-3-5-14(6-4-13)19-16(22)17(12-18)7-9-23-10-8-17;/h3-6H,7-12,18H2,1-2H3,(H,19,22);1H. The van der Waals surface area contributed by atoms with E-state index < -0.39 is 5.41 Å². The van der Waals surface area contributed by atoms with Gasteiger partial charge >= 0.3 is 0 Å².